The molecule has 1 aromatic rings. The quantitative estimate of drug-likeness (QED) is 0.815. The Kier molecular flexibility index (Phi) is 5.70. The summed E-state index contributed by atoms with van der Waals surface area (Å²) in [5, 5.41) is 19.5. The van der Waals surface area contributed by atoms with E-state index >= 15 is 0 Å². The van der Waals surface area contributed by atoms with E-state index in [4.69, 9.17) is 4.74 Å². The van der Waals surface area contributed by atoms with Gasteiger partial charge in [-0.2, -0.15) is 0 Å². The maximum atomic E-state index is 9.90. The largest absolute Gasteiger partial charge is 0.390 e. The van der Waals surface area contributed by atoms with E-state index < -0.39 is 12.2 Å². The Bertz CT molecular complexity index is 471. The second kappa shape index (κ2) is 7.75. The van der Waals surface area contributed by atoms with Crippen molar-refractivity contribution in [2.75, 3.05) is 26.2 Å². The number of hydrogen-bond acceptors (Lipinski definition) is 4. The molecule has 2 aliphatic rings. The number of hydrogen-bond donors (Lipinski definition) is 2. The smallest absolute Gasteiger partial charge is 0.103 e. The van der Waals surface area contributed by atoms with Crippen molar-refractivity contribution in [2.45, 2.75) is 56.3 Å². The monoisotopic (exact) mass is 319 g/mol. The first-order valence-electron chi connectivity index (χ1n) is 8.93. The minimum Gasteiger partial charge on any atom is -0.390 e. The summed E-state index contributed by atoms with van der Waals surface area (Å²) in [6.45, 7) is 3.49. The molecule has 0 aromatic heterocycles. The van der Waals surface area contributed by atoms with E-state index in [1.165, 1.54) is 18.4 Å². The second-order valence-corrected chi connectivity index (χ2v) is 7.12. The highest BCUT2D eigenvalue weighted by Gasteiger charge is 2.42. The van der Waals surface area contributed by atoms with Gasteiger partial charge < -0.3 is 19.8 Å². The highest BCUT2D eigenvalue weighted by atomic mass is 16.5. The number of piperidine rings is 1. The number of benzene rings is 1. The Morgan fingerprint density at radius 1 is 1.04 bits per heavy atom. The summed E-state index contributed by atoms with van der Waals surface area (Å²) >= 11 is 0. The van der Waals surface area contributed by atoms with E-state index in [0.717, 1.165) is 38.9 Å². The van der Waals surface area contributed by atoms with Crippen molar-refractivity contribution in [3.8, 4) is 0 Å². The van der Waals surface area contributed by atoms with Gasteiger partial charge in [0, 0.05) is 19.5 Å². The van der Waals surface area contributed by atoms with E-state index in [-0.39, 0.29) is 12.2 Å². The Hall–Kier alpha value is -0.940. The minimum absolute atomic E-state index is 0.195. The fourth-order valence-electron chi connectivity index (χ4n) is 3.79. The van der Waals surface area contributed by atoms with Crippen LogP contribution in [0.2, 0.25) is 0 Å². The molecular weight excluding hydrogens is 290 g/mol. The van der Waals surface area contributed by atoms with E-state index in [0.29, 0.717) is 6.42 Å². The van der Waals surface area contributed by atoms with Gasteiger partial charge in [0.05, 0.1) is 18.3 Å². The van der Waals surface area contributed by atoms with Gasteiger partial charge in [-0.25, -0.2) is 0 Å². The molecular formula is C19H29NO3. The van der Waals surface area contributed by atoms with Gasteiger partial charge >= 0.3 is 0 Å². The Labute approximate surface area is 139 Å². The molecule has 0 unspecified atom stereocenters. The van der Waals surface area contributed by atoms with E-state index in [1.807, 2.05) is 0 Å². The molecule has 2 heterocycles. The van der Waals surface area contributed by atoms with Crippen LogP contribution in [0.3, 0.4) is 0 Å². The fourth-order valence-corrected chi connectivity index (χ4v) is 3.79. The predicted molar refractivity (Wildman–Crippen MR) is 90.4 cm³/mol. The number of rotatable bonds is 5. The SMILES string of the molecule is O[C@@H]1CC2(CCN(CCCCc3ccccc3)CC2)OC[C@@H]1O. The number of aryl methyl sites for hydroxylation is 1. The summed E-state index contributed by atoms with van der Waals surface area (Å²) < 4.78 is 5.88. The van der Waals surface area contributed by atoms with Crippen molar-refractivity contribution in [2.24, 2.45) is 0 Å². The van der Waals surface area contributed by atoms with Crippen LogP contribution in [0.5, 0.6) is 0 Å². The molecule has 23 heavy (non-hydrogen) atoms. The average molecular weight is 319 g/mol. The van der Waals surface area contributed by atoms with Crippen LogP contribution in [0.4, 0.5) is 0 Å². The zero-order valence-electron chi connectivity index (χ0n) is 13.9. The molecule has 0 amide bonds. The molecule has 2 atom stereocenters. The first-order valence-corrected chi connectivity index (χ1v) is 8.93. The molecule has 0 radical (unpaired) electrons. The highest BCUT2D eigenvalue weighted by Crippen LogP contribution is 2.35. The molecule has 2 aliphatic heterocycles. The van der Waals surface area contributed by atoms with Gasteiger partial charge in [0.1, 0.15) is 6.10 Å². The van der Waals surface area contributed by atoms with Crippen molar-refractivity contribution in [3.05, 3.63) is 35.9 Å². The Morgan fingerprint density at radius 3 is 2.48 bits per heavy atom. The van der Waals surface area contributed by atoms with Crippen LogP contribution in [-0.4, -0.2) is 59.2 Å². The van der Waals surface area contributed by atoms with Crippen molar-refractivity contribution < 1.29 is 14.9 Å². The Balaban J connectivity index is 1.35. The number of aliphatic hydroxyl groups excluding tert-OH is 2. The molecule has 2 saturated heterocycles. The normalized spacial score (nSPS) is 28.1. The second-order valence-electron chi connectivity index (χ2n) is 7.12. The van der Waals surface area contributed by atoms with Gasteiger partial charge in [-0.3, -0.25) is 0 Å². The van der Waals surface area contributed by atoms with Crippen LogP contribution in [0.15, 0.2) is 30.3 Å². The van der Waals surface area contributed by atoms with Crippen molar-refractivity contribution >= 4 is 0 Å². The predicted octanol–water partition coefficient (Wildman–Crippen LogP) is 1.99. The highest BCUT2D eigenvalue weighted by molar-refractivity contribution is 5.14. The zero-order valence-corrected chi connectivity index (χ0v) is 13.9. The fraction of sp³-hybridized carbons (Fsp3) is 0.684. The molecule has 0 saturated carbocycles. The molecule has 1 aromatic carbocycles. The van der Waals surface area contributed by atoms with Gasteiger partial charge in [-0.05, 0) is 44.2 Å². The summed E-state index contributed by atoms with van der Waals surface area (Å²) in [5.74, 6) is 0. The molecule has 0 aliphatic carbocycles. The van der Waals surface area contributed by atoms with Gasteiger partial charge in [-0.15, -0.1) is 0 Å². The lowest BCUT2D eigenvalue weighted by Gasteiger charge is -2.46. The molecule has 128 valence electrons. The number of likely N-dealkylation sites (tertiary alicyclic amines) is 1. The van der Waals surface area contributed by atoms with Crippen LogP contribution in [0.25, 0.3) is 0 Å². The summed E-state index contributed by atoms with van der Waals surface area (Å²) in [4.78, 5) is 2.51. The third kappa shape index (κ3) is 4.54. The van der Waals surface area contributed by atoms with E-state index in [1.54, 1.807) is 0 Å². The molecule has 0 bridgehead atoms. The molecule has 2 fully saturated rings. The molecule has 4 heteroatoms. The standard InChI is InChI=1S/C19H29NO3/c21-17-14-19(23-15-18(17)22)9-12-20(13-10-19)11-5-4-8-16-6-2-1-3-7-16/h1-3,6-7,17-18,21-22H,4-5,8-15H2/t17-,18+/m1/s1. The topological polar surface area (TPSA) is 52.9 Å². The Morgan fingerprint density at radius 2 is 1.78 bits per heavy atom. The van der Waals surface area contributed by atoms with Crippen LogP contribution in [-0.2, 0) is 11.2 Å². The number of nitrogens with zero attached hydrogens (tertiary/aromatic N) is 1. The average Bonchev–Trinajstić information content (AvgIpc) is 2.58. The van der Waals surface area contributed by atoms with Crippen LogP contribution in [0.1, 0.15) is 37.7 Å². The lowest BCUT2D eigenvalue weighted by Crippen LogP contribution is -2.54. The van der Waals surface area contributed by atoms with Gasteiger partial charge in [-0.1, -0.05) is 30.3 Å². The van der Waals surface area contributed by atoms with Gasteiger partial charge in [0.2, 0.25) is 0 Å². The number of aliphatic hydroxyl groups is 2. The minimum atomic E-state index is -0.711. The molecule has 3 rings (SSSR count). The lowest BCUT2D eigenvalue weighted by atomic mass is 9.82. The van der Waals surface area contributed by atoms with Crippen molar-refractivity contribution in [1.82, 2.24) is 4.90 Å². The van der Waals surface area contributed by atoms with Gasteiger partial charge in [0.15, 0.2) is 0 Å². The maximum absolute atomic E-state index is 9.90. The first-order chi connectivity index (χ1) is 11.2. The summed E-state index contributed by atoms with van der Waals surface area (Å²) in [7, 11) is 0. The van der Waals surface area contributed by atoms with Crippen LogP contribution in [0, 0.1) is 0 Å². The maximum Gasteiger partial charge on any atom is 0.103 e. The third-order valence-corrected chi connectivity index (χ3v) is 5.39. The van der Waals surface area contributed by atoms with E-state index in [9.17, 15) is 10.2 Å². The van der Waals surface area contributed by atoms with Crippen LogP contribution >= 0.6 is 0 Å². The van der Waals surface area contributed by atoms with Crippen LogP contribution < -0.4 is 0 Å². The molecule has 2 N–H and O–H groups in total. The van der Waals surface area contributed by atoms with E-state index in [2.05, 4.69) is 35.2 Å². The van der Waals surface area contributed by atoms with Crippen molar-refractivity contribution in [1.29, 1.82) is 0 Å². The summed E-state index contributed by atoms with van der Waals surface area (Å²) in [6.07, 6.45) is 4.79. The first kappa shape index (κ1) is 16.9. The van der Waals surface area contributed by atoms with Crippen molar-refractivity contribution in [3.63, 3.8) is 0 Å². The summed E-state index contributed by atoms with van der Waals surface area (Å²) in [5.41, 5.74) is 1.23. The number of ether oxygens (including phenoxy) is 1. The number of unbranched alkanes of at least 4 members (excludes halogenated alkanes) is 1. The molecule has 1 spiro atoms. The molecule has 4 nitrogen and oxygen atoms in total. The van der Waals surface area contributed by atoms with Gasteiger partial charge in [0.25, 0.3) is 0 Å². The lowest BCUT2D eigenvalue weighted by molar-refractivity contribution is -0.187. The third-order valence-electron chi connectivity index (χ3n) is 5.39. The zero-order chi connectivity index (χ0) is 16.1. The summed E-state index contributed by atoms with van der Waals surface area (Å²) in [6, 6.07) is 10.7.